The Balaban J connectivity index is 2.04. The molecule has 0 aliphatic rings. The normalized spacial score (nSPS) is 10.6. The Labute approximate surface area is 109 Å². The van der Waals surface area contributed by atoms with Crippen LogP contribution in [0, 0.1) is 0 Å². The predicted molar refractivity (Wildman–Crippen MR) is 68.8 cm³/mol. The Morgan fingerprint density at radius 2 is 2.33 bits per heavy atom. The van der Waals surface area contributed by atoms with Crippen molar-refractivity contribution in [3.63, 3.8) is 0 Å². The molecule has 0 bridgehead atoms. The van der Waals surface area contributed by atoms with E-state index in [4.69, 9.17) is 4.74 Å². The molecule has 18 heavy (non-hydrogen) atoms. The highest BCUT2D eigenvalue weighted by molar-refractivity contribution is 7.09. The van der Waals surface area contributed by atoms with Crippen molar-refractivity contribution < 1.29 is 9.53 Å². The zero-order chi connectivity index (χ0) is 13.0. The third-order valence-corrected chi connectivity index (χ3v) is 3.41. The molecule has 96 valence electrons. The highest BCUT2D eigenvalue weighted by Crippen LogP contribution is 2.11. The second kappa shape index (κ2) is 5.77. The molecule has 2 rings (SSSR count). The number of aromatic nitrogens is 3. The summed E-state index contributed by atoms with van der Waals surface area (Å²) in [6.45, 7) is 4.81. The zero-order valence-corrected chi connectivity index (χ0v) is 11.2. The highest BCUT2D eigenvalue weighted by atomic mass is 32.1. The molecule has 0 amide bonds. The van der Waals surface area contributed by atoms with Gasteiger partial charge in [-0.2, -0.15) is 5.10 Å². The average Bonchev–Trinajstić information content (AvgIpc) is 2.99. The van der Waals surface area contributed by atoms with E-state index in [1.165, 1.54) is 6.20 Å². The van der Waals surface area contributed by atoms with E-state index in [2.05, 4.69) is 17.0 Å². The number of aryl methyl sites for hydroxylation is 1. The lowest BCUT2D eigenvalue weighted by molar-refractivity contribution is 0.0526. The number of nitrogens with zero attached hydrogens (tertiary/aromatic N) is 3. The van der Waals surface area contributed by atoms with Crippen molar-refractivity contribution in [1.29, 1.82) is 0 Å². The summed E-state index contributed by atoms with van der Waals surface area (Å²) >= 11 is 1.65. The molecule has 0 spiro atoms. The van der Waals surface area contributed by atoms with Crippen LogP contribution >= 0.6 is 11.3 Å². The van der Waals surface area contributed by atoms with Gasteiger partial charge in [-0.25, -0.2) is 9.78 Å². The highest BCUT2D eigenvalue weighted by Gasteiger charge is 2.10. The third kappa shape index (κ3) is 2.95. The molecule has 0 aliphatic heterocycles. The molecule has 2 aromatic rings. The van der Waals surface area contributed by atoms with Crippen LogP contribution in [0.4, 0.5) is 0 Å². The summed E-state index contributed by atoms with van der Waals surface area (Å²) in [5.74, 6) is -0.337. The first kappa shape index (κ1) is 12.8. The van der Waals surface area contributed by atoms with Gasteiger partial charge in [0.25, 0.3) is 0 Å². The summed E-state index contributed by atoms with van der Waals surface area (Å²) < 4.78 is 6.60. The van der Waals surface area contributed by atoms with Crippen LogP contribution in [0.5, 0.6) is 0 Å². The molecule has 2 aromatic heterocycles. The van der Waals surface area contributed by atoms with Crippen molar-refractivity contribution >= 4 is 17.3 Å². The largest absolute Gasteiger partial charge is 0.462 e. The van der Waals surface area contributed by atoms with Crippen LogP contribution in [-0.2, 0) is 17.7 Å². The van der Waals surface area contributed by atoms with Gasteiger partial charge in [-0.3, -0.25) is 4.68 Å². The van der Waals surface area contributed by atoms with Gasteiger partial charge in [-0.05, 0) is 13.3 Å². The minimum atomic E-state index is -0.337. The quantitative estimate of drug-likeness (QED) is 0.777. The first-order chi connectivity index (χ1) is 8.72. The van der Waals surface area contributed by atoms with E-state index < -0.39 is 0 Å². The molecule has 0 unspecified atom stereocenters. The van der Waals surface area contributed by atoms with Crippen molar-refractivity contribution in [3.05, 3.63) is 34.0 Å². The van der Waals surface area contributed by atoms with Crippen LogP contribution in [-0.4, -0.2) is 27.3 Å². The molecule has 0 aromatic carbocycles. The number of carbonyl (C=O) groups is 1. The molecule has 0 aliphatic carbocycles. The van der Waals surface area contributed by atoms with Gasteiger partial charge < -0.3 is 4.74 Å². The van der Waals surface area contributed by atoms with Crippen molar-refractivity contribution in [2.45, 2.75) is 26.8 Å². The fourth-order valence-corrected chi connectivity index (χ4v) is 2.26. The maximum Gasteiger partial charge on any atom is 0.341 e. The monoisotopic (exact) mass is 265 g/mol. The van der Waals surface area contributed by atoms with Crippen molar-refractivity contribution in [1.82, 2.24) is 14.8 Å². The fraction of sp³-hybridized carbons (Fsp3) is 0.417. The van der Waals surface area contributed by atoms with E-state index in [9.17, 15) is 4.79 Å². The van der Waals surface area contributed by atoms with E-state index in [1.807, 2.05) is 5.38 Å². The molecular formula is C12H15N3O2S. The minimum absolute atomic E-state index is 0.337. The topological polar surface area (TPSA) is 57.0 Å². The lowest BCUT2D eigenvalue weighted by Gasteiger charge is -1.98. The molecule has 6 heteroatoms. The predicted octanol–water partition coefficient (Wildman–Crippen LogP) is 2.13. The van der Waals surface area contributed by atoms with Gasteiger partial charge in [-0.1, -0.05) is 6.92 Å². The molecule has 2 heterocycles. The Kier molecular flexibility index (Phi) is 4.09. The molecule has 0 N–H and O–H groups in total. The van der Waals surface area contributed by atoms with Gasteiger partial charge in [0, 0.05) is 11.6 Å². The van der Waals surface area contributed by atoms with E-state index >= 15 is 0 Å². The minimum Gasteiger partial charge on any atom is -0.462 e. The molecular weight excluding hydrogens is 250 g/mol. The molecule has 0 fully saturated rings. The standard InChI is InChI=1S/C12H15N3O2S/c1-3-11-14-10(8-18-11)7-15-6-9(5-13-15)12(16)17-4-2/h5-6,8H,3-4,7H2,1-2H3. The van der Waals surface area contributed by atoms with Gasteiger partial charge in [0.05, 0.1) is 35.6 Å². The first-order valence-electron chi connectivity index (χ1n) is 5.85. The van der Waals surface area contributed by atoms with Gasteiger partial charge in [0.2, 0.25) is 0 Å². The maximum absolute atomic E-state index is 11.5. The van der Waals surface area contributed by atoms with E-state index in [0.717, 1.165) is 17.1 Å². The van der Waals surface area contributed by atoms with Crippen LogP contribution in [0.25, 0.3) is 0 Å². The maximum atomic E-state index is 11.5. The first-order valence-corrected chi connectivity index (χ1v) is 6.73. The van der Waals surface area contributed by atoms with E-state index in [0.29, 0.717) is 18.7 Å². The SMILES string of the molecule is CCOC(=O)c1cnn(Cc2csc(CC)n2)c1. The summed E-state index contributed by atoms with van der Waals surface area (Å²) in [6.07, 6.45) is 4.14. The lowest BCUT2D eigenvalue weighted by Crippen LogP contribution is -2.04. The Morgan fingerprint density at radius 3 is 3.00 bits per heavy atom. The molecule has 0 atom stereocenters. The fourth-order valence-electron chi connectivity index (χ4n) is 1.52. The Bertz CT molecular complexity index is 533. The second-order valence-corrected chi connectivity index (χ2v) is 4.68. The number of hydrogen-bond donors (Lipinski definition) is 0. The summed E-state index contributed by atoms with van der Waals surface area (Å²) in [7, 11) is 0. The van der Waals surface area contributed by atoms with Crippen LogP contribution in [0.2, 0.25) is 0 Å². The van der Waals surface area contributed by atoms with Gasteiger partial charge >= 0.3 is 5.97 Å². The number of thiazole rings is 1. The number of esters is 1. The molecule has 5 nitrogen and oxygen atoms in total. The number of carbonyl (C=O) groups excluding carboxylic acids is 1. The van der Waals surface area contributed by atoms with Crippen LogP contribution in [0.3, 0.4) is 0 Å². The third-order valence-electron chi connectivity index (χ3n) is 2.37. The van der Waals surface area contributed by atoms with Crippen LogP contribution in [0.1, 0.15) is 34.9 Å². The van der Waals surface area contributed by atoms with Crippen molar-refractivity contribution in [2.75, 3.05) is 6.61 Å². The van der Waals surface area contributed by atoms with Crippen molar-refractivity contribution in [3.8, 4) is 0 Å². The van der Waals surface area contributed by atoms with Gasteiger partial charge in [-0.15, -0.1) is 11.3 Å². The van der Waals surface area contributed by atoms with Crippen molar-refractivity contribution in [2.24, 2.45) is 0 Å². The molecule has 0 radical (unpaired) electrons. The van der Waals surface area contributed by atoms with Crippen LogP contribution in [0.15, 0.2) is 17.8 Å². The summed E-state index contributed by atoms with van der Waals surface area (Å²) in [5.41, 5.74) is 1.44. The number of ether oxygens (including phenoxy) is 1. The number of rotatable bonds is 5. The average molecular weight is 265 g/mol. The van der Waals surface area contributed by atoms with Gasteiger partial charge in [0.1, 0.15) is 0 Å². The molecule has 0 saturated carbocycles. The summed E-state index contributed by atoms with van der Waals surface area (Å²) in [5, 5.41) is 7.26. The van der Waals surface area contributed by atoms with E-state index in [1.54, 1.807) is 29.1 Å². The Morgan fingerprint density at radius 1 is 1.50 bits per heavy atom. The smallest absolute Gasteiger partial charge is 0.341 e. The lowest BCUT2D eigenvalue weighted by atomic mass is 10.4. The van der Waals surface area contributed by atoms with Crippen LogP contribution < -0.4 is 0 Å². The zero-order valence-electron chi connectivity index (χ0n) is 10.4. The van der Waals surface area contributed by atoms with Gasteiger partial charge in [0.15, 0.2) is 0 Å². The Hall–Kier alpha value is -1.69. The summed E-state index contributed by atoms with van der Waals surface area (Å²) in [4.78, 5) is 15.9. The summed E-state index contributed by atoms with van der Waals surface area (Å²) in [6, 6.07) is 0. The van der Waals surface area contributed by atoms with E-state index in [-0.39, 0.29) is 5.97 Å². The second-order valence-electron chi connectivity index (χ2n) is 3.73. The molecule has 0 saturated heterocycles. The number of hydrogen-bond acceptors (Lipinski definition) is 5.